The first-order valence-corrected chi connectivity index (χ1v) is 9.47. The summed E-state index contributed by atoms with van der Waals surface area (Å²) in [5, 5.41) is 6.88. The van der Waals surface area contributed by atoms with E-state index >= 15 is 0 Å². The molecule has 0 spiro atoms. The summed E-state index contributed by atoms with van der Waals surface area (Å²) in [6.07, 6.45) is 4.97. The number of carbonyl (C=O) groups is 3. The monoisotopic (exact) mass is 409 g/mol. The molecule has 3 amide bonds. The van der Waals surface area contributed by atoms with Gasteiger partial charge in [0.15, 0.2) is 5.82 Å². The summed E-state index contributed by atoms with van der Waals surface area (Å²) < 4.78 is 1.61. The van der Waals surface area contributed by atoms with Crippen molar-refractivity contribution in [1.29, 1.82) is 0 Å². The number of amides is 3. The Morgan fingerprint density at radius 3 is 2.13 bits per heavy atom. The summed E-state index contributed by atoms with van der Waals surface area (Å²) in [5.74, 6) is -0.446. The van der Waals surface area contributed by atoms with E-state index in [0.717, 1.165) is 4.90 Å². The van der Waals surface area contributed by atoms with E-state index in [9.17, 15) is 14.4 Å². The summed E-state index contributed by atoms with van der Waals surface area (Å²) in [6.45, 7) is 0. The molecule has 5 rings (SSSR count). The maximum atomic E-state index is 12.6. The van der Waals surface area contributed by atoms with Crippen LogP contribution in [-0.2, 0) is 0 Å². The largest absolute Gasteiger partial charge is 0.321 e. The molecular weight excluding hydrogens is 394 g/mol. The first-order chi connectivity index (χ1) is 15.1. The van der Waals surface area contributed by atoms with Crippen molar-refractivity contribution in [1.82, 2.24) is 14.8 Å². The van der Waals surface area contributed by atoms with E-state index < -0.39 is 0 Å². The first-order valence-electron chi connectivity index (χ1n) is 9.47. The number of imide groups is 1. The highest BCUT2D eigenvalue weighted by molar-refractivity contribution is 6.34. The van der Waals surface area contributed by atoms with Gasteiger partial charge in [0.05, 0.1) is 28.7 Å². The van der Waals surface area contributed by atoms with Gasteiger partial charge in [0, 0.05) is 18.0 Å². The SMILES string of the molecule is O=C(Nc1ccc(-n2cccn2)nc1)c1ccc(N2C(=O)c3ccccc3C2=O)cc1. The molecule has 2 aromatic heterocycles. The Morgan fingerprint density at radius 2 is 1.55 bits per heavy atom. The molecule has 1 aliphatic rings. The molecule has 8 nitrogen and oxygen atoms in total. The van der Waals surface area contributed by atoms with Crippen molar-refractivity contribution < 1.29 is 14.4 Å². The average Bonchev–Trinajstić information content (AvgIpc) is 3.42. The van der Waals surface area contributed by atoms with Crippen molar-refractivity contribution in [3.05, 3.63) is 102 Å². The van der Waals surface area contributed by atoms with E-state index in [1.54, 1.807) is 90.0 Å². The molecule has 150 valence electrons. The number of aromatic nitrogens is 3. The second-order valence-corrected chi connectivity index (χ2v) is 6.85. The van der Waals surface area contributed by atoms with E-state index in [2.05, 4.69) is 15.4 Å². The van der Waals surface area contributed by atoms with E-state index in [4.69, 9.17) is 0 Å². The average molecular weight is 409 g/mol. The van der Waals surface area contributed by atoms with E-state index in [-0.39, 0.29) is 17.7 Å². The van der Waals surface area contributed by atoms with Crippen LogP contribution in [0, 0.1) is 0 Å². The van der Waals surface area contributed by atoms with Crippen molar-refractivity contribution in [2.45, 2.75) is 0 Å². The minimum atomic E-state index is -0.374. The van der Waals surface area contributed by atoms with E-state index in [0.29, 0.717) is 33.9 Å². The third-order valence-electron chi connectivity index (χ3n) is 4.93. The number of hydrogen-bond donors (Lipinski definition) is 1. The molecule has 8 heteroatoms. The summed E-state index contributed by atoms with van der Waals surface area (Å²) in [4.78, 5) is 43.1. The van der Waals surface area contributed by atoms with Gasteiger partial charge in [0.2, 0.25) is 0 Å². The van der Waals surface area contributed by atoms with Crippen molar-refractivity contribution in [3.63, 3.8) is 0 Å². The molecule has 0 unspecified atom stereocenters. The Labute approximate surface area is 176 Å². The molecule has 4 aromatic rings. The highest BCUT2D eigenvalue weighted by atomic mass is 16.2. The standard InChI is InChI=1S/C23H15N5O3/c29-21(26-16-8-11-20(24-14-16)27-13-3-12-25-27)15-6-9-17(10-7-15)28-22(30)18-4-1-2-5-19(18)23(28)31/h1-14H,(H,26,29). The van der Waals surface area contributed by atoms with E-state index in [1.165, 1.54) is 0 Å². The van der Waals surface area contributed by atoms with Crippen LogP contribution in [0.1, 0.15) is 31.1 Å². The lowest BCUT2D eigenvalue weighted by molar-refractivity contribution is 0.0925. The lowest BCUT2D eigenvalue weighted by atomic mass is 10.1. The Kier molecular flexibility index (Phi) is 4.37. The molecule has 0 bridgehead atoms. The number of nitrogens with one attached hydrogen (secondary N) is 1. The Hall–Kier alpha value is -4.59. The maximum absolute atomic E-state index is 12.6. The van der Waals surface area contributed by atoms with E-state index in [1.807, 2.05) is 0 Å². The lowest BCUT2D eigenvalue weighted by Gasteiger charge is -2.14. The Morgan fingerprint density at radius 1 is 0.839 bits per heavy atom. The minimum Gasteiger partial charge on any atom is -0.321 e. The molecule has 0 aliphatic carbocycles. The topological polar surface area (TPSA) is 97.2 Å². The molecule has 0 saturated heterocycles. The summed E-state index contributed by atoms with van der Waals surface area (Å²) in [5.41, 5.74) is 2.08. The third-order valence-corrected chi connectivity index (χ3v) is 4.93. The molecule has 0 saturated carbocycles. The van der Waals surface area contributed by atoms with Crippen molar-refractivity contribution >= 4 is 29.1 Å². The zero-order chi connectivity index (χ0) is 21.4. The first kappa shape index (κ1) is 18.4. The van der Waals surface area contributed by atoms with Crippen molar-refractivity contribution in [3.8, 4) is 5.82 Å². The number of fused-ring (bicyclic) bond motifs is 1. The van der Waals surface area contributed by atoms with Gasteiger partial charge in [-0.15, -0.1) is 0 Å². The summed E-state index contributed by atoms with van der Waals surface area (Å²) in [6, 6.07) is 18.3. The van der Waals surface area contributed by atoms with Gasteiger partial charge in [-0.1, -0.05) is 12.1 Å². The van der Waals surface area contributed by atoms with Crippen LogP contribution in [0.3, 0.4) is 0 Å². The fourth-order valence-electron chi connectivity index (χ4n) is 3.39. The number of rotatable bonds is 4. The van der Waals surface area contributed by atoms with Crippen molar-refractivity contribution in [2.75, 3.05) is 10.2 Å². The predicted molar refractivity (Wildman–Crippen MR) is 113 cm³/mol. The molecule has 2 aromatic carbocycles. The lowest BCUT2D eigenvalue weighted by Crippen LogP contribution is -2.29. The fraction of sp³-hybridized carbons (Fsp3) is 0. The Bertz CT molecular complexity index is 1260. The molecular formula is C23H15N5O3. The second-order valence-electron chi connectivity index (χ2n) is 6.85. The maximum Gasteiger partial charge on any atom is 0.266 e. The molecule has 0 atom stereocenters. The smallest absolute Gasteiger partial charge is 0.266 e. The Balaban J connectivity index is 1.31. The molecule has 3 heterocycles. The number of anilines is 2. The van der Waals surface area contributed by atoms with Crippen LogP contribution < -0.4 is 10.2 Å². The van der Waals surface area contributed by atoms with Gasteiger partial charge in [-0.05, 0) is 54.6 Å². The van der Waals surface area contributed by atoms with Gasteiger partial charge in [-0.2, -0.15) is 5.10 Å². The van der Waals surface area contributed by atoms with Gasteiger partial charge >= 0.3 is 0 Å². The van der Waals surface area contributed by atoms with Crippen LogP contribution in [0.15, 0.2) is 85.3 Å². The number of pyridine rings is 1. The normalized spacial score (nSPS) is 12.7. The van der Waals surface area contributed by atoms with Crippen LogP contribution in [0.25, 0.3) is 5.82 Å². The molecule has 0 fully saturated rings. The fourth-order valence-corrected chi connectivity index (χ4v) is 3.39. The van der Waals surface area contributed by atoms with Crippen LogP contribution in [0.2, 0.25) is 0 Å². The van der Waals surface area contributed by atoms with Crippen LogP contribution in [0.5, 0.6) is 0 Å². The highest BCUT2D eigenvalue weighted by Gasteiger charge is 2.36. The molecule has 1 aliphatic heterocycles. The second kappa shape index (κ2) is 7.34. The van der Waals surface area contributed by atoms with Crippen LogP contribution in [-0.4, -0.2) is 32.5 Å². The van der Waals surface area contributed by atoms with Gasteiger partial charge in [0.1, 0.15) is 0 Å². The molecule has 1 N–H and O–H groups in total. The number of hydrogen-bond acceptors (Lipinski definition) is 5. The van der Waals surface area contributed by atoms with Gasteiger partial charge in [-0.3, -0.25) is 14.4 Å². The summed E-state index contributed by atoms with van der Waals surface area (Å²) in [7, 11) is 0. The molecule has 0 radical (unpaired) electrons. The number of benzene rings is 2. The molecule has 31 heavy (non-hydrogen) atoms. The summed E-state index contributed by atoms with van der Waals surface area (Å²) >= 11 is 0. The van der Waals surface area contributed by atoms with Gasteiger partial charge in [0.25, 0.3) is 17.7 Å². The number of nitrogens with zero attached hydrogens (tertiary/aromatic N) is 4. The third kappa shape index (κ3) is 3.25. The van der Waals surface area contributed by atoms with Crippen molar-refractivity contribution in [2.24, 2.45) is 0 Å². The van der Waals surface area contributed by atoms with Gasteiger partial charge in [-0.25, -0.2) is 14.6 Å². The minimum absolute atomic E-state index is 0.331. The quantitative estimate of drug-likeness (QED) is 0.522. The zero-order valence-corrected chi connectivity index (χ0v) is 16.1. The van der Waals surface area contributed by atoms with Gasteiger partial charge < -0.3 is 5.32 Å². The highest BCUT2D eigenvalue weighted by Crippen LogP contribution is 2.28. The number of carbonyl (C=O) groups excluding carboxylic acids is 3. The predicted octanol–water partition coefficient (Wildman–Crippen LogP) is 3.32. The zero-order valence-electron chi connectivity index (χ0n) is 16.1. The van der Waals surface area contributed by atoms with Crippen LogP contribution in [0.4, 0.5) is 11.4 Å². The van der Waals surface area contributed by atoms with Crippen LogP contribution >= 0.6 is 0 Å².